The molecule has 0 aliphatic carbocycles. The summed E-state index contributed by atoms with van der Waals surface area (Å²) in [5.74, 6) is -0.0366. The summed E-state index contributed by atoms with van der Waals surface area (Å²) >= 11 is 0. The van der Waals surface area contributed by atoms with E-state index in [1.807, 2.05) is 30.3 Å². The molecule has 0 heterocycles. The monoisotopic (exact) mass is 240 g/mol. The molecule has 0 radical (unpaired) electrons. The molecule has 1 aromatic carbocycles. The minimum Gasteiger partial charge on any atom is -0.462 e. The third kappa shape index (κ3) is 5.07. The first-order chi connectivity index (χ1) is 7.58. The largest absolute Gasteiger partial charge is 0.462 e. The lowest BCUT2D eigenvalue weighted by Crippen LogP contribution is -2.18. The molecule has 88 valence electrons. The van der Waals surface area contributed by atoms with E-state index in [0.717, 1.165) is 5.56 Å². The zero-order valence-electron chi connectivity index (χ0n) is 9.51. The van der Waals surface area contributed by atoms with Gasteiger partial charge in [0.1, 0.15) is 5.75 Å². The Kier molecular flexibility index (Phi) is 5.19. The third-order valence-electron chi connectivity index (χ3n) is 1.82. The third-order valence-corrected chi connectivity index (χ3v) is 3.03. The zero-order chi connectivity index (χ0) is 12.0. The molecule has 0 aromatic heterocycles. The van der Waals surface area contributed by atoms with E-state index in [1.165, 1.54) is 0 Å². The highest BCUT2D eigenvalue weighted by molar-refractivity contribution is 7.84. The van der Waals surface area contributed by atoms with Crippen LogP contribution in [0.1, 0.15) is 19.4 Å². The van der Waals surface area contributed by atoms with E-state index in [-0.39, 0.29) is 11.9 Å². The molecular formula is C12H16O3S. The second-order valence-corrected chi connectivity index (χ2v) is 5.21. The second kappa shape index (κ2) is 6.43. The molecule has 0 N–H and O–H groups in total. The van der Waals surface area contributed by atoms with Crippen LogP contribution >= 0.6 is 0 Å². The molecule has 16 heavy (non-hydrogen) atoms. The maximum absolute atomic E-state index is 11.6. The van der Waals surface area contributed by atoms with Crippen LogP contribution in [0.5, 0.6) is 0 Å². The van der Waals surface area contributed by atoms with Crippen molar-refractivity contribution in [2.24, 2.45) is 0 Å². The van der Waals surface area contributed by atoms with E-state index in [0.29, 0.717) is 5.75 Å². The zero-order valence-corrected chi connectivity index (χ0v) is 10.3. The predicted molar refractivity (Wildman–Crippen MR) is 64.4 cm³/mol. The van der Waals surface area contributed by atoms with Gasteiger partial charge in [-0.15, -0.1) is 0 Å². The Morgan fingerprint density at radius 3 is 2.50 bits per heavy atom. The summed E-state index contributed by atoms with van der Waals surface area (Å²) in [6, 6.07) is 9.47. The number of carbonyl (C=O) groups is 1. The van der Waals surface area contributed by atoms with E-state index in [4.69, 9.17) is 4.74 Å². The number of carbonyl (C=O) groups excluding carboxylic acids is 1. The highest BCUT2D eigenvalue weighted by Gasteiger charge is 2.11. The van der Waals surface area contributed by atoms with Crippen molar-refractivity contribution in [3.63, 3.8) is 0 Å². The van der Waals surface area contributed by atoms with Gasteiger partial charge in [-0.05, 0) is 19.4 Å². The summed E-state index contributed by atoms with van der Waals surface area (Å²) in [5.41, 5.74) is 0.971. The quantitative estimate of drug-likeness (QED) is 0.738. The minimum atomic E-state index is -1.19. The van der Waals surface area contributed by atoms with Gasteiger partial charge in [-0.2, -0.15) is 0 Å². The van der Waals surface area contributed by atoms with Gasteiger partial charge in [0, 0.05) is 16.6 Å². The first-order valence-corrected chi connectivity index (χ1v) is 6.65. The summed E-state index contributed by atoms with van der Waals surface area (Å²) < 4.78 is 16.5. The van der Waals surface area contributed by atoms with Gasteiger partial charge < -0.3 is 4.74 Å². The number of hydrogen-bond acceptors (Lipinski definition) is 3. The molecule has 0 spiro atoms. The Hall–Kier alpha value is -1.16. The van der Waals surface area contributed by atoms with Gasteiger partial charge in [0.25, 0.3) is 0 Å². The van der Waals surface area contributed by atoms with Crippen molar-refractivity contribution in [1.82, 2.24) is 0 Å². The van der Waals surface area contributed by atoms with Crippen LogP contribution in [0.15, 0.2) is 30.3 Å². The molecule has 1 unspecified atom stereocenters. The van der Waals surface area contributed by atoms with Gasteiger partial charge in [0.15, 0.2) is 0 Å². The SMILES string of the molecule is CC(C)OC(=O)CS(=O)Cc1ccccc1. The average molecular weight is 240 g/mol. The van der Waals surface area contributed by atoms with Crippen LogP contribution in [0.4, 0.5) is 0 Å². The first-order valence-electron chi connectivity index (χ1n) is 5.16. The number of hydrogen-bond donors (Lipinski definition) is 0. The van der Waals surface area contributed by atoms with E-state index in [2.05, 4.69) is 0 Å². The lowest BCUT2D eigenvalue weighted by molar-refractivity contribution is -0.144. The van der Waals surface area contributed by atoms with Crippen LogP contribution < -0.4 is 0 Å². The average Bonchev–Trinajstić information content (AvgIpc) is 2.17. The van der Waals surface area contributed by atoms with E-state index in [1.54, 1.807) is 13.8 Å². The van der Waals surface area contributed by atoms with Crippen LogP contribution in [0.25, 0.3) is 0 Å². The molecule has 1 atom stereocenters. The van der Waals surface area contributed by atoms with E-state index in [9.17, 15) is 9.00 Å². The van der Waals surface area contributed by atoms with Crippen molar-refractivity contribution < 1.29 is 13.7 Å². The van der Waals surface area contributed by atoms with E-state index >= 15 is 0 Å². The lowest BCUT2D eigenvalue weighted by atomic mass is 10.2. The molecular weight excluding hydrogens is 224 g/mol. The summed E-state index contributed by atoms with van der Waals surface area (Å²) in [4.78, 5) is 11.2. The van der Waals surface area contributed by atoms with Gasteiger partial charge in [-0.25, -0.2) is 0 Å². The van der Waals surface area contributed by atoms with Crippen LogP contribution in [0, 0.1) is 0 Å². The molecule has 0 saturated heterocycles. The fourth-order valence-electron chi connectivity index (χ4n) is 1.24. The highest BCUT2D eigenvalue weighted by Crippen LogP contribution is 2.03. The summed E-state index contributed by atoms with van der Waals surface area (Å²) in [5, 5.41) is 0. The standard InChI is InChI=1S/C12H16O3S/c1-10(2)15-12(13)9-16(14)8-11-6-4-3-5-7-11/h3-7,10H,8-9H2,1-2H3. The fraction of sp³-hybridized carbons (Fsp3) is 0.417. The molecule has 3 nitrogen and oxygen atoms in total. The molecule has 0 fully saturated rings. The van der Waals surface area contributed by atoms with Crippen LogP contribution in [0.2, 0.25) is 0 Å². The van der Waals surface area contributed by atoms with Crippen LogP contribution in [0.3, 0.4) is 0 Å². The number of benzene rings is 1. The molecule has 0 aliphatic heterocycles. The van der Waals surface area contributed by atoms with Gasteiger partial charge in [0.2, 0.25) is 0 Å². The number of esters is 1. The Labute approximate surface area is 98.3 Å². The first kappa shape index (κ1) is 12.9. The van der Waals surface area contributed by atoms with Crippen molar-refractivity contribution in [2.45, 2.75) is 25.7 Å². The molecule has 0 saturated carbocycles. The summed E-state index contributed by atoms with van der Waals surface area (Å²) in [7, 11) is -1.19. The lowest BCUT2D eigenvalue weighted by Gasteiger charge is -2.07. The molecule has 0 aliphatic rings. The van der Waals surface area contributed by atoms with Crippen molar-refractivity contribution in [3.8, 4) is 0 Å². The summed E-state index contributed by atoms with van der Waals surface area (Å²) in [6.07, 6.45) is -0.152. The van der Waals surface area contributed by atoms with Gasteiger partial charge in [-0.1, -0.05) is 30.3 Å². The maximum Gasteiger partial charge on any atom is 0.318 e. The van der Waals surface area contributed by atoms with Crippen LogP contribution in [-0.2, 0) is 26.1 Å². The normalized spacial score (nSPS) is 12.4. The second-order valence-electron chi connectivity index (χ2n) is 3.75. The van der Waals surface area contributed by atoms with Crippen molar-refractivity contribution >= 4 is 16.8 Å². The minimum absolute atomic E-state index is 0.0346. The fourth-order valence-corrected chi connectivity index (χ4v) is 2.24. The Morgan fingerprint density at radius 2 is 1.94 bits per heavy atom. The Bertz CT molecular complexity index is 360. The summed E-state index contributed by atoms with van der Waals surface area (Å²) in [6.45, 7) is 3.55. The highest BCUT2D eigenvalue weighted by atomic mass is 32.2. The van der Waals surface area contributed by atoms with Crippen LogP contribution in [-0.4, -0.2) is 22.0 Å². The topological polar surface area (TPSA) is 43.4 Å². The van der Waals surface area contributed by atoms with Crippen molar-refractivity contribution in [3.05, 3.63) is 35.9 Å². The van der Waals surface area contributed by atoms with E-state index < -0.39 is 16.8 Å². The predicted octanol–water partition coefficient (Wildman–Crippen LogP) is 1.89. The maximum atomic E-state index is 11.6. The van der Waals surface area contributed by atoms with Gasteiger partial charge in [0.05, 0.1) is 6.10 Å². The molecule has 4 heteroatoms. The Morgan fingerprint density at radius 1 is 1.31 bits per heavy atom. The smallest absolute Gasteiger partial charge is 0.318 e. The molecule has 1 aromatic rings. The van der Waals surface area contributed by atoms with Gasteiger partial charge >= 0.3 is 5.97 Å². The van der Waals surface area contributed by atoms with Gasteiger partial charge in [-0.3, -0.25) is 9.00 Å². The number of ether oxygens (including phenoxy) is 1. The Balaban J connectivity index is 2.39. The molecule has 1 rings (SSSR count). The van der Waals surface area contributed by atoms with Crippen molar-refractivity contribution in [1.29, 1.82) is 0 Å². The molecule has 0 amide bonds. The molecule has 0 bridgehead atoms. The number of rotatable bonds is 5. The van der Waals surface area contributed by atoms with Crippen molar-refractivity contribution in [2.75, 3.05) is 5.75 Å².